The van der Waals surface area contributed by atoms with Crippen molar-refractivity contribution in [1.82, 2.24) is 0 Å². The van der Waals surface area contributed by atoms with Gasteiger partial charge in [-0.05, 0) is 0 Å². The van der Waals surface area contributed by atoms with E-state index in [1.807, 2.05) is 0 Å². The predicted octanol–water partition coefficient (Wildman–Crippen LogP) is 2.29. The fourth-order valence-corrected chi connectivity index (χ4v) is 8.19. The molecule has 0 radical (unpaired) electrons. The maximum atomic E-state index is 2.67. The molecule has 0 aromatic heterocycles. The number of halogens is 1. The van der Waals surface area contributed by atoms with E-state index in [0.717, 1.165) is 0 Å². The van der Waals surface area contributed by atoms with Crippen molar-refractivity contribution in [3.05, 3.63) is 35.4 Å². The van der Waals surface area contributed by atoms with Crippen LogP contribution in [0.25, 0.3) is 0 Å². The second kappa shape index (κ2) is 2.86. The van der Waals surface area contributed by atoms with Gasteiger partial charge in [0.1, 0.15) is 0 Å². The molecule has 0 saturated carbocycles. The van der Waals surface area contributed by atoms with E-state index < -0.39 is 11.3 Å². The molecule has 1 aromatic carbocycles. The second-order valence-electron chi connectivity index (χ2n) is 2.55. The van der Waals surface area contributed by atoms with Crippen molar-refractivity contribution >= 4 is 31.4 Å². The summed E-state index contributed by atoms with van der Waals surface area (Å²) in [5.41, 5.74) is 3.24. The summed E-state index contributed by atoms with van der Waals surface area (Å²) in [6, 6.07) is 8.87. The van der Waals surface area contributed by atoms with Crippen LogP contribution in [0.2, 0.25) is 0 Å². The third-order valence-electron chi connectivity index (χ3n) is 1.80. The molecule has 0 bridgehead atoms. The van der Waals surface area contributed by atoms with Crippen LogP contribution in [0.15, 0.2) is 24.3 Å². The van der Waals surface area contributed by atoms with E-state index in [0.29, 0.717) is 0 Å². The first kappa shape index (κ1) is 7.17. The van der Waals surface area contributed by atoms with E-state index in [2.05, 4.69) is 44.4 Å². The Morgan fingerprint density at radius 1 is 1.10 bits per heavy atom. The van der Waals surface area contributed by atoms with Crippen LogP contribution in [0.3, 0.4) is 0 Å². The van der Waals surface area contributed by atoms with Gasteiger partial charge in [0.25, 0.3) is 0 Å². The first-order chi connectivity index (χ1) is 4.86. The molecule has 2 rings (SSSR count). The van der Waals surface area contributed by atoms with Gasteiger partial charge in [-0.25, -0.2) is 0 Å². The molecular weight excluding hydrogens is 298 g/mol. The molecule has 0 fully saturated rings. The van der Waals surface area contributed by atoms with Gasteiger partial charge in [-0.3, -0.25) is 0 Å². The average molecular weight is 306 g/mol. The van der Waals surface area contributed by atoms with Gasteiger partial charge in [-0.15, -0.1) is 0 Å². The van der Waals surface area contributed by atoms with Crippen LogP contribution in [0.4, 0.5) is 0 Å². The number of rotatable bonds is 0. The summed E-state index contributed by atoms with van der Waals surface area (Å²) in [5.74, 6) is 0. The van der Waals surface area contributed by atoms with Gasteiger partial charge in [0, 0.05) is 0 Å². The molecule has 52 valence electrons. The average Bonchev–Trinajstić information content (AvgIpc) is 2.27. The number of hydrogen-bond acceptors (Lipinski definition) is 0. The van der Waals surface area contributed by atoms with Crippen LogP contribution in [0.1, 0.15) is 11.1 Å². The zero-order chi connectivity index (χ0) is 6.97. The van der Waals surface area contributed by atoms with E-state index in [-0.39, 0.29) is 0 Å². The van der Waals surface area contributed by atoms with Crippen LogP contribution < -0.4 is 0 Å². The Kier molecular flexibility index (Phi) is 2.05. The molecule has 0 nitrogen and oxygen atoms in total. The molecule has 1 heterocycles. The number of fused-ring (bicyclic) bond motifs is 1. The van der Waals surface area contributed by atoms with Crippen molar-refractivity contribution in [2.24, 2.45) is 0 Å². The van der Waals surface area contributed by atoms with Crippen LogP contribution in [0.5, 0.6) is 0 Å². The summed E-state index contributed by atoms with van der Waals surface area (Å²) in [5, 5.41) is 2.84. The number of hydrogen-bond donors (Lipinski definition) is 0. The van der Waals surface area contributed by atoms with E-state index in [9.17, 15) is 0 Å². The Morgan fingerprint density at radius 2 is 1.60 bits per heavy atom. The molecule has 0 atom stereocenters. The maximum absolute atomic E-state index is 2.67. The number of benzene rings is 1. The van der Waals surface area contributed by atoms with Crippen molar-refractivity contribution in [1.29, 1.82) is 0 Å². The third kappa shape index (κ3) is 1.26. The minimum atomic E-state index is -0.427. The molecule has 2 heteroatoms. The Bertz CT molecular complexity index is 222. The molecular formula is C8H8AsI. The second-order valence-corrected chi connectivity index (χ2v) is 12.9. The summed E-state index contributed by atoms with van der Waals surface area (Å²) in [6.45, 7) is 0. The summed E-state index contributed by atoms with van der Waals surface area (Å²) < 4.78 is 0. The topological polar surface area (TPSA) is 0 Å². The van der Waals surface area contributed by atoms with Gasteiger partial charge in [0.05, 0.1) is 0 Å². The fraction of sp³-hybridized carbons (Fsp3) is 0.250. The van der Waals surface area contributed by atoms with Gasteiger partial charge in [-0.2, -0.15) is 0 Å². The Morgan fingerprint density at radius 3 is 2.10 bits per heavy atom. The first-order valence-electron chi connectivity index (χ1n) is 3.34. The van der Waals surface area contributed by atoms with Gasteiger partial charge < -0.3 is 0 Å². The van der Waals surface area contributed by atoms with Crippen molar-refractivity contribution in [2.45, 2.75) is 10.4 Å². The van der Waals surface area contributed by atoms with Crippen LogP contribution in [-0.4, -0.2) is 11.3 Å². The van der Waals surface area contributed by atoms with E-state index in [1.54, 1.807) is 11.1 Å². The SMILES string of the molecule is I[As]1Cc2ccccc2C1. The molecule has 0 spiro atoms. The Balaban J connectivity index is 2.42. The van der Waals surface area contributed by atoms with Crippen molar-refractivity contribution in [3.8, 4) is 0 Å². The molecule has 0 saturated heterocycles. The summed E-state index contributed by atoms with van der Waals surface area (Å²) in [4.78, 5) is 0. The summed E-state index contributed by atoms with van der Waals surface area (Å²) >= 11 is 2.25. The molecule has 0 aliphatic carbocycles. The Hall–Kier alpha value is 0.508. The van der Waals surface area contributed by atoms with Crippen LogP contribution in [0, 0.1) is 0 Å². The van der Waals surface area contributed by atoms with Gasteiger partial charge >= 0.3 is 77.2 Å². The Labute approximate surface area is 76.8 Å². The quantitative estimate of drug-likeness (QED) is 0.510. The molecule has 1 aromatic rings. The van der Waals surface area contributed by atoms with Gasteiger partial charge in [-0.1, -0.05) is 0 Å². The minimum absolute atomic E-state index is 0.427. The molecule has 1 aliphatic heterocycles. The molecule has 1 aliphatic rings. The van der Waals surface area contributed by atoms with Crippen molar-refractivity contribution in [2.75, 3.05) is 0 Å². The van der Waals surface area contributed by atoms with Gasteiger partial charge in [0.15, 0.2) is 0 Å². The first-order valence-corrected chi connectivity index (χ1v) is 11.7. The van der Waals surface area contributed by atoms with Crippen LogP contribution in [-0.2, 0) is 10.4 Å². The fourth-order valence-electron chi connectivity index (χ4n) is 1.29. The molecule has 0 unspecified atom stereocenters. The van der Waals surface area contributed by atoms with E-state index in [1.165, 1.54) is 10.4 Å². The standard InChI is InChI=1S/C8H8AsI/c10-9-5-7-3-1-2-4-8(7)6-9/h1-4H,5-6H2. The van der Waals surface area contributed by atoms with E-state index in [4.69, 9.17) is 0 Å². The normalized spacial score (nSPS) is 17.3. The zero-order valence-corrected chi connectivity index (χ0v) is 9.58. The third-order valence-corrected chi connectivity index (χ3v) is 8.22. The molecule has 10 heavy (non-hydrogen) atoms. The van der Waals surface area contributed by atoms with Crippen molar-refractivity contribution in [3.63, 3.8) is 0 Å². The molecule has 0 N–H and O–H groups in total. The predicted molar refractivity (Wildman–Crippen MR) is 53.6 cm³/mol. The monoisotopic (exact) mass is 306 g/mol. The van der Waals surface area contributed by atoms with Crippen LogP contribution >= 0.6 is 20.1 Å². The van der Waals surface area contributed by atoms with E-state index >= 15 is 0 Å². The summed E-state index contributed by atoms with van der Waals surface area (Å²) in [6.07, 6.45) is 0. The van der Waals surface area contributed by atoms with Crippen molar-refractivity contribution < 1.29 is 0 Å². The molecule has 0 amide bonds. The summed E-state index contributed by atoms with van der Waals surface area (Å²) in [7, 11) is 0. The van der Waals surface area contributed by atoms with Gasteiger partial charge in [0.2, 0.25) is 0 Å². The zero-order valence-electron chi connectivity index (χ0n) is 5.55.